The molecule has 0 aromatic heterocycles. The van der Waals surface area contributed by atoms with Gasteiger partial charge in [0.2, 0.25) is 0 Å². The number of nitrogens with two attached hydrogens (primary N) is 1. The molecule has 0 aliphatic carbocycles. The van der Waals surface area contributed by atoms with Gasteiger partial charge < -0.3 is 10.6 Å². The second kappa shape index (κ2) is 3.74. The lowest BCUT2D eigenvalue weighted by Gasteiger charge is -2.28. The number of aryl methyl sites for hydroxylation is 1. The van der Waals surface area contributed by atoms with Crippen LogP contribution in [0.5, 0.6) is 0 Å². The topological polar surface area (TPSA) is 29.3 Å². The van der Waals surface area contributed by atoms with Crippen LogP contribution in [0.25, 0.3) is 0 Å². The molecule has 92 valence electrons. The normalized spacial score (nSPS) is 18.4. The fraction of sp³-hybridized carbons (Fsp3) is 0.600. The summed E-state index contributed by atoms with van der Waals surface area (Å²) in [6.07, 6.45) is 4.76. The van der Waals surface area contributed by atoms with E-state index >= 15 is 0 Å². The minimum Gasteiger partial charge on any atom is -0.371 e. The van der Waals surface area contributed by atoms with Crippen LogP contribution in [0.15, 0.2) is 12.1 Å². The predicted molar refractivity (Wildman–Crippen MR) is 72.7 cm³/mol. The molecule has 0 radical (unpaired) electrons. The van der Waals surface area contributed by atoms with E-state index in [2.05, 4.69) is 30.9 Å². The molecule has 0 saturated carbocycles. The second-order valence-corrected chi connectivity index (χ2v) is 6.27. The van der Waals surface area contributed by atoms with Crippen LogP contribution in [-0.4, -0.2) is 18.6 Å². The Kier molecular flexibility index (Phi) is 2.44. The van der Waals surface area contributed by atoms with Gasteiger partial charge in [0.15, 0.2) is 0 Å². The van der Waals surface area contributed by atoms with Crippen LogP contribution in [0.3, 0.4) is 0 Å². The summed E-state index contributed by atoms with van der Waals surface area (Å²) < 4.78 is 0. The second-order valence-electron chi connectivity index (χ2n) is 6.27. The highest BCUT2D eigenvalue weighted by Gasteiger charge is 2.26. The number of nitrogens with zero attached hydrogens (tertiary/aromatic N) is 1. The van der Waals surface area contributed by atoms with Crippen molar-refractivity contribution in [2.24, 2.45) is 5.73 Å². The van der Waals surface area contributed by atoms with Gasteiger partial charge in [-0.05, 0) is 56.2 Å². The summed E-state index contributed by atoms with van der Waals surface area (Å²) in [5.74, 6) is 0. The summed E-state index contributed by atoms with van der Waals surface area (Å²) in [6, 6.07) is 4.78. The smallest absolute Gasteiger partial charge is 0.0432 e. The van der Waals surface area contributed by atoms with Crippen molar-refractivity contribution in [2.75, 3.05) is 18.0 Å². The maximum atomic E-state index is 6.14. The van der Waals surface area contributed by atoms with Crippen molar-refractivity contribution < 1.29 is 0 Å². The molecule has 2 aliphatic heterocycles. The molecule has 17 heavy (non-hydrogen) atoms. The van der Waals surface area contributed by atoms with Gasteiger partial charge in [0.25, 0.3) is 0 Å². The Morgan fingerprint density at radius 3 is 2.59 bits per heavy atom. The van der Waals surface area contributed by atoms with Gasteiger partial charge in [0.05, 0.1) is 0 Å². The van der Waals surface area contributed by atoms with E-state index in [0.29, 0.717) is 0 Å². The highest BCUT2D eigenvalue weighted by molar-refractivity contribution is 5.66. The zero-order valence-corrected chi connectivity index (χ0v) is 10.9. The maximum absolute atomic E-state index is 6.14. The number of hydrogen-bond donors (Lipinski definition) is 1. The highest BCUT2D eigenvalue weighted by atomic mass is 15.2. The van der Waals surface area contributed by atoms with E-state index in [0.717, 1.165) is 6.42 Å². The molecule has 0 unspecified atom stereocenters. The van der Waals surface area contributed by atoms with Crippen LogP contribution in [0.4, 0.5) is 5.69 Å². The molecule has 0 saturated heterocycles. The summed E-state index contributed by atoms with van der Waals surface area (Å²) >= 11 is 0. The van der Waals surface area contributed by atoms with Gasteiger partial charge in [-0.1, -0.05) is 12.1 Å². The van der Waals surface area contributed by atoms with Crippen LogP contribution in [-0.2, 0) is 19.3 Å². The van der Waals surface area contributed by atoms with Crippen LogP contribution in [0.1, 0.15) is 37.0 Å². The first kappa shape index (κ1) is 11.1. The summed E-state index contributed by atoms with van der Waals surface area (Å²) in [7, 11) is 0. The molecule has 0 bridgehead atoms. The van der Waals surface area contributed by atoms with Crippen LogP contribution < -0.4 is 10.6 Å². The Morgan fingerprint density at radius 2 is 1.88 bits per heavy atom. The third kappa shape index (κ3) is 2.06. The van der Waals surface area contributed by atoms with Crippen molar-refractivity contribution in [3.05, 3.63) is 28.8 Å². The molecule has 3 rings (SSSR count). The van der Waals surface area contributed by atoms with E-state index in [-0.39, 0.29) is 5.54 Å². The van der Waals surface area contributed by atoms with Crippen LogP contribution in [0, 0.1) is 0 Å². The average molecular weight is 230 g/mol. The largest absolute Gasteiger partial charge is 0.371 e. The van der Waals surface area contributed by atoms with Gasteiger partial charge in [0, 0.05) is 24.3 Å². The summed E-state index contributed by atoms with van der Waals surface area (Å²) in [5.41, 5.74) is 12.1. The first-order chi connectivity index (χ1) is 8.03. The summed E-state index contributed by atoms with van der Waals surface area (Å²) in [6.45, 7) is 6.69. The zero-order valence-electron chi connectivity index (χ0n) is 10.9. The number of hydrogen-bond acceptors (Lipinski definition) is 2. The predicted octanol–water partition coefficient (Wildman–Crippen LogP) is 2.28. The maximum Gasteiger partial charge on any atom is 0.0432 e. The molecular weight excluding hydrogens is 208 g/mol. The molecular formula is C15H22N2. The van der Waals surface area contributed by atoms with Gasteiger partial charge in [-0.2, -0.15) is 0 Å². The molecule has 2 nitrogen and oxygen atoms in total. The van der Waals surface area contributed by atoms with Crippen molar-refractivity contribution in [3.63, 3.8) is 0 Å². The van der Waals surface area contributed by atoms with Gasteiger partial charge in [-0.25, -0.2) is 0 Å². The van der Waals surface area contributed by atoms with E-state index in [1.165, 1.54) is 37.9 Å². The molecule has 0 spiro atoms. The monoisotopic (exact) mass is 230 g/mol. The van der Waals surface area contributed by atoms with Crippen molar-refractivity contribution in [2.45, 2.75) is 45.1 Å². The minimum atomic E-state index is -0.103. The molecule has 2 N–H and O–H groups in total. The van der Waals surface area contributed by atoms with Gasteiger partial charge in [-0.15, -0.1) is 0 Å². The van der Waals surface area contributed by atoms with Crippen LogP contribution in [0.2, 0.25) is 0 Å². The Morgan fingerprint density at radius 1 is 1.18 bits per heavy atom. The Hall–Kier alpha value is -1.02. The van der Waals surface area contributed by atoms with Gasteiger partial charge in [-0.3, -0.25) is 0 Å². The van der Waals surface area contributed by atoms with Gasteiger partial charge in [0.1, 0.15) is 0 Å². The molecule has 0 amide bonds. The minimum absolute atomic E-state index is 0.103. The molecule has 0 fully saturated rings. The molecule has 2 heteroatoms. The van der Waals surface area contributed by atoms with E-state index in [1.54, 1.807) is 16.8 Å². The molecule has 1 aromatic carbocycles. The molecule has 2 aliphatic rings. The lowest BCUT2D eigenvalue weighted by atomic mass is 9.91. The van der Waals surface area contributed by atoms with E-state index in [4.69, 9.17) is 5.73 Å². The van der Waals surface area contributed by atoms with Gasteiger partial charge >= 0.3 is 0 Å². The Balaban J connectivity index is 1.99. The number of anilines is 1. The third-order valence-corrected chi connectivity index (χ3v) is 3.83. The quantitative estimate of drug-likeness (QED) is 0.844. The third-order valence-electron chi connectivity index (χ3n) is 3.83. The Labute approximate surface area is 104 Å². The standard InChI is InChI=1S/C15H22N2/c1-15(2,16)10-11-8-12-4-3-6-17-7-5-13(9-11)14(12)17/h8-9H,3-7,10,16H2,1-2H3. The lowest BCUT2D eigenvalue weighted by molar-refractivity contribution is 0.516. The fourth-order valence-electron chi connectivity index (χ4n) is 3.30. The number of benzene rings is 1. The van der Waals surface area contributed by atoms with Crippen LogP contribution >= 0.6 is 0 Å². The summed E-state index contributed by atoms with van der Waals surface area (Å²) in [4.78, 5) is 2.56. The SMILES string of the molecule is CC(C)(N)Cc1cc2c3c(c1)CCN3CCC2. The van der Waals surface area contributed by atoms with Crippen molar-refractivity contribution in [3.8, 4) is 0 Å². The zero-order chi connectivity index (χ0) is 12.0. The first-order valence-electron chi connectivity index (χ1n) is 6.71. The summed E-state index contributed by atoms with van der Waals surface area (Å²) in [5, 5.41) is 0. The Bertz CT molecular complexity index is 443. The molecule has 2 heterocycles. The lowest BCUT2D eigenvalue weighted by Crippen LogP contribution is -2.34. The van der Waals surface area contributed by atoms with E-state index in [9.17, 15) is 0 Å². The molecule has 0 atom stereocenters. The first-order valence-corrected chi connectivity index (χ1v) is 6.71. The van der Waals surface area contributed by atoms with Crippen molar-refractivity contribution >= 4 is 5.69 Å². The number of rotatable bonds is 2. The van der Waals surface area contributed by atoms with Crippen molar-refractivity contribution in [1.82, 2.24) is 0 Å². The van der Waals surface area contributed by atoms with E-state index < -0.39 is 0 Å². The molecule has 1 aromatic rings. The average Bonchev–Trinajstić information content (AvgIpc) is 2.61. The van der Waals surface area contributed by atoms with E-state index in [1.807, 2.05) is 0 Å². The highest BCUT2D eigenvalue weighted by Crippen LogP contribution is 2.37. The van der Waals surface area contributed by atoms with Crippen molar-refractivity contribution in [1.29, 1.82) is 0 Å². The fourth-order valence-corrected chi connectivity index (χ4v) is 3.30.